The molecule has 0 saturated carbocycles. The number of carbonyl (C=O) groups is 2. The number of benzene rings is 5. The number of carbonyl (C=O) groups excluding carboxylic acids is 2. The average molecular weight is 789 g/mol. The lowest BCUT2D eigenvalue weighted by molar-refractivity contribution is -0.143. The van der Waals surface area contributed by atoms with Gasteiger partial charge in [0.25, 0.3) is 0 Å². The molecule has 2 aliphatic heterocycles. The number of halogens is 1. The normalized spacial score (nSPS) is 20.1. The minimum Gasteiger partial charge on any atom is -0.497 e. The third kappa shape index (κ3) is 8.09. The fourth-order valence-corrected chi connectivity index (χ4v) is 8.38. The Morgan fingerprint density at radius 3 is 1.87 bits per heavy atom. The Bertz CT molecular complexity index is 1880. The minimum absolute atomic E-state index is 0.00524. The van der Waals surface area contributed by atoms with Gasteiger partial charge in [-0.1, -0.05) is 119 Å². The first-order valence-electron chi connectivity index (χ1n) is 18.5. The lowest BCUT2D eigenvalue weighted by Gasteiger charge is -2.58. The molecular weight excluding hydrogens is 742 g/mol. The molecule has 9 heteroatoms. The molecule has 5 aromatic rings. The van der Waals surface area contributed by atoms with Crippen LogP contribution in [0.3, 0.4) is 0 Å². The van der Waals surface area contributed by atoms with Gasteiger partial charge in [-0.2, -0.15) is 0 Å². The predicted molar refractivity (Wildman–Crippen MR) is 215 cm³/mol. The Balaban J connectivity index is 1.24. The molecular formula is C45H46BrN3O5. The van der Waals surface area contributed by atoms with Crippen molar-refractivity contribution in [1.29, 1.82) is 0 Å². The van der Waals surface area contributed by atoms with E-state index in [0.717, 1.165) is 34.1 Å². The Morgan fingerprint density at radius 2 is 1.33 bits per heavy atom. The standard InChI is InChI=1S/C45H46BrN3O5/c1-32(50)53-30-33-26-27-49-41(29-48(28-33)44(51)47-39-22-24-40(52-2)25-23-39)43(34-18-20-38(46)21-19-34)42(49)31-54-45(35-12-6-3-7-13-35,36-14-8-4-9-15-36)37-16-10-5-11-17-37/h3-25,33,41-43H,26-31H2,1-2H3,(H,47,51)/t33?,41-,42+,43+/m0/s1. The SMILES string of the molecule is COc1ccc(NC(=O)N2CC(COC(C)=O)CCN3[C@H](COC(c4ccccc4)(c4ccccc4)c4ccccc4)[C@H](c4ccc(Br)cc4)[C@@H]3C2)cc1. The van der Waals surface area contributed by atoms with Crippen molar-refractivity contribution in [3.63, 3.8) is 0 Å². The second-order valence-electron chi connectivity index (χ2n) is 14.1. The second-order valence-corrected chi connectivity index (χ2v) is 15.0. The maximum Gasteiger partial charge on any atom is 0.321 e. The van der Waals surface area contributed by atoms with E-state index in [2.05, 4.69) is 123 Å². The molecule has 1 unspecified atom stereocenters. The van der Waals surface area contributed by atoms with Crippen molar-refractivity contribution in [3.05, 3.63) is 166 Å². The van der Waals surface area contributed by atoms with Crippen LogP contribution in [0.5, 0.6) is 5.75 Å². The molecule has 0 spiro atoms. The van der Waals surface area contributed by atoms with Gasteiger partial charge in [-0.15, -0.1) is 0 Å². The summed E-state index contributed by atoms with van der Waals surface area (Å²) in [5.41, 5.74) is 4.16. The Hall–Kier alpha value is -4.96. The van der Waals surface area contributed by atoms with Crippen molar-refractivity contribution < 1.29 is 23.8 Å². The number of ether oxygens (including phenoxy) is 3. The van der Waals surface area contributed by atoms with Crippen molar-refractivity contribution in [3.8, 4) is 5.75 Å². The number of methoxy groups -OCH3 is 1. The summed E-state index contributed by atoms with van der Waals surface area (Å²) in [5, 5.41) is 3.10. The topological polar surface area (TPSA) is 80.3 Å². The zero-order chi connectivity index (χ0) is 37.5. The molecule has 8 nitrogen and oxygen atoms in total. The highest BCUT2D eigenvalue weighted by Crippen LogP contribution is 2.46. The van der Waals surface area contributed by atoms with Gasteiger partial charge in [-0.05, 0) is 71.6 Å². The third-order valence-corrected chi connectivity index (χ3v) is 11.3. The van der Waals surface area contributed by atoms with Crippen LogP contribution in [0.25, 0.3) is 0 Å². The van der Waals surface area contributed by atoms with E-state index >= 15 is 0 Å². The Labute approximate surface area is 326 Å². The summed E-state index contributed by atoms with van der Waals surface area (Å²) in [6, 6.07) is 47.1. The number of nitrogens with zero attached hydrogens (tertiary/aromatic N) is 2. The Kier molecular flexibility index (Phi) is 11.8. The number of rotatable bonds is 11. The highest BCUT2D eigenvalue weighted by molar-refractivity contribution is 9.10. The summed E-state index contributed by atoms with van der Waals surface area (Å²) >= 11 is 3.64. The molecule has 2 fully saturated rings. The van der Waals surface area contributed by atoms with Gasteiger partial charge >= 0.3 is 12.0 Å². The first-order chi connectivity index (χ1) is 26.4. The van der Waals surface area contributed by atoms with Crippen molar-refractivity contribution in [2.45, 2.75) is 36.9 Å². The van der Waals surface area contributed by atoms with Gasteiger partial charge in [0.1, 0.15) is 11.4 Å². The molecule has 7 rings (SSSR count). The van der Waals surface area contributed by atoms with Crippen molar-refractivity contribution in [2.75, 3.05) is 45.3 Å². The third-order valence-electron chi connectivity index (χ3n) is 10.8. The van der Waals surface area contributed by atoms with E-state index in [1.165, 1.54) is 12.5 Å². The van der Waals surface area contributed by atoms with E-state index in [-0.39, 0.29) is 42.5 Å². The average Bonchev–Trinajstić information content (AvgIpc) is 3.20. The van der Waals surface area contributed by atoms with Crippen LogP contribution in [0.2, 0.25) is 0 Å². The number of urea groups is 1. The highest BCUT2D eigenvalue weighted by Gasteiger charge is 2.52. The maximum absolute atomic E-state index is 14.1. The first kappa shape index (κ1) is 37.4. The van der Waals surface area contributed by atoms with Gasteiger partial charge in [0.15, 0.2) is 0 Å². The molecule has 0 aromatic heterocycles. The largest absolute Gasteiger partial charge is 0.497 e. The molecule has 2 aliphatic rings. The van der Waals surface area contributed by atoms with Gasteiger partial charge in [0.05, 0.1) is 20.3 Å². The van der Waals surface area contributed by atoms with Gasteiger partial charge in [0, 0.05) is 54.1 Å². The van der Waals surface area contributed by atoms with E-state index in [0.29, 0.717) is 31.1 Å². The summed E-state index contributed by atoms with van der Waals surface area (Å²) in [7, 11) is 1.62. The lowest BCUT2D eigenvalue weighted by atomic mass is 9.73. The van der Waals surface area contributed by atoms with E-state index in [1.807, 2.05) is 47.4 Å². The molecule has 54 heavy (non-hydrogen) atoms. The number of amides is 2. The van der Waals surface area contributed by atoms with Crippen molar-refractivity contribution >= 4 is 33.6 Å². The van der Waals surface area contributed by atoms with Crippen molar-refractivity contribution in [1.82, 2.24) is 9.80 Å². The van der Waals surface area contributed by atoms with E-state index in [9.17, 15) is 9.59 Å². The monoisotopic (exact) mass is 787 g/mol. The van der Waals surface area contributed by atoms with Gasteiger partial charge < -0.3 is 24.4 Å². The number of hydrogen-bond donors (Lipinski definition) is 1. The number of fused-ring (bicyclic) bond motifs is 1. The molecule has 278 valence electrons. The number of anilines is 1. The zero-order valence-corrected chi connectivity index (χ0v) is 32.2. The minimum atomic E-state index is -0.871. The van der Waals surface area contributed by atoms with Crippen LogP contribution in [0, 0.1) is 5.92 Å². The predicted octanol–water partition coefficient (Wildman–Crippen LogP) is 8.72. The molecule has 2 amide bonds. The molecule has 0 aliphatic carbocycles. The van der Waals surface area contributed by atoms with E-state index < -0.39 is 5.60 Å². The first-order valence-corrected chi connectivity index (χ1v) is 19.3. The molecule has 2 heterocycles. The Morgan fingerprint density at radius 1 is 0.759 bits per heavy atom. The summed E-state index contributed by atoms with van der Waals surface area (Å²) in [6.07, 6.45) is 0.751. The van der Waals surface area contributed by atoms with Gasteiger partial charge in [-0.3, -0.25) is 9.69 Å². The fourth-order valence-electron chi connectivity index (χ4n) is 8.12. The van der Waals surface area contributed by atoms with Crippen LogP contribution in [0.1, 0.15) is 41.5 Å². The molecule has 1 N–H and O–H groups in total. The van der Waals surface area contributed by atoms with Crippen LogP contribution < -0.4 is 10.1 Å². The van der Waals surface area contributed by atoms with Crippen LogP contribution in [0.15, 0.2) is 144 Å². The van der Waals surface area contributed by atoms with Gasteiger partial charge in [0.2, 0.25) is 0 Å². The summed E-state index contributed by atoms with van der Waals surface area (Å²) in [5.74, 6) is 0.433. The van der Waals surface area contributed by atoms with Gasteiger partial charge in [-0.25, -0.2) is 4.79 Å². The molecule has 2 saturated heterocycles. The van der Waals surface area contributed by atoms with Crippen LogP contribution in [-0.2, 0) is 19.9 Å². The quantitative estimate of drug-likeness (QED) is 0.107. The molecule has 0 radical (unpaired) electrons. The smallest absolute Gasteiger partial charge is 0.321 e. The van der Waals surface area contributed by atoms with Crippen LogP contribution in [0.4, 0.5) is 10.5 Å². The molecule has 4 atom stereocenters. The second kappa shape index (κ2) is 17.0. The summed E-state index contributed by atoms with van der Waals surface area (Å²) in [6.45, 7) is 3.85. The molecule has 0 bridgehead atoms. The van der Waals surface area contributed by atoms with E-state index in [4.69, 9.17) is 14.2 Å². The highest BCUT2D eigenvalue weighted by atomic mass is 79.9. The zero-order valence-electron chi connectivity index (χ0n) is 30.6. The lowest BCUT2D eigenvalue weighted by Crippen LogP contribution is -2.69. The summed E-state index contributed by atoms with van der Waals surface area (Å²) < 4.78 is 19.3. The fraction of sp³-hybridized carbons (Fsp3) is 0.289. The van der Waals surface area contributed by atoms with E-state index in [1.54, 1.807) is 7.11 Å². The van der Waals surface area contributed by atoms with Crippen LogP contribution in [-0.4, -0.2) is 73.8 Å². The van der Waals surface area contributed by atoms with Crippen molar-refractivity contribution in [2.24, 2.45) is 5.92 Å². The number of nitrogens with one attached hydrogen (secondary N) is 1. The number of hydrogen-bond acceptors (Lipinski definition) is 6. The maximum atomic E-state index is 14.1. The summed E-state index contributed by atoms with van der Waals surface area (Å²) in [4.78, 5) is 30.4. The molecule has 5 aromatic carbocycles. The van der Waals surface area contributed by atoms with Crippen LogP contribution >= 0.6 is 15.9 Å². The number of esters is 1.